The largest absolute Gasteiger partial charge is 0.329 e. The molecular weight excluding hydrogens is 402 g/mol. The first-order valence-electron chi connectivity index (χ1n) is 10.8. The molecule has 1 unspecified atom stereocenters. The van der Waals surface area contributed by atoms with Crippen LogP contribution in [0.4, 0.5) is 0 Å². The molecule has 0 spiro atoms. The number of ketones is 1. The maximum atomic E-state index is 12.9. The van der Waals surface area contributed by atoms with Crippen LogP contribution in [0.2, 0.25) is 0 Å². The highest BCUT2D eigenvalue weighted by atomic mass is 16.2. The number of benzene rings is 2. The van der Waals surface area contributed by atoms with E-state index in [0.717, 1.165) is 21.9 Å². The number of nitrogens with zero attached hydrogens (tertiary/aromatic N) is 2. The first-order chi connectivity index (χ1) is 15.5. The summed E-state index contributed by atoms with van der Waals surface area (Å²) in [5.74, 6) is -0.193. The number of carbonyl (C=O) groups is 3. The van der Waals surface area contributed by atoms with Crippen molar-refractivity contribution >= 4 is 28.4 Å². The van der Waals surface area contributed by atoms with Crippen molar-refractivity contribution in [3.05, 3.63) is 89.4 Å². The first-order valence-corrected chi connectivity index (χ1v) is 10.8. The van der Waals surface area contributed by atoms with Crippen molar-refractivity contribution in [1.29, 1.82) is 0 Å². The van der Waals surface area contributed by atoms with Gasteiger partial charge in [-0.15, -0.1) is 0 Å². The van der Waals surface area contributed by atoms with Crippen molar-refractivity contribution in [3.8, 4) is 0 Å². The van der Waals surface area contributed by atoms with E-state index in [1.165, 1.54) is 0 Å². The summed E-state index contributed by atoms with van der Waals surface area (Å²) in [6, 6.07) is 12.8. The molecule has 5 rings (SSSR count). The quantitative estimate of drug-likeness (QED) is 0.631. The Labute approximate surface area is 185 Å². The molecule has 1 atom stereocenters. The van der Waals surface area contributed by atoms with Crippen LogP contribution in [-0.4, -0.2) is 33.5 Å². The molecule has 6 nitrogen and oxygen atoms in total. The average Bonchev–Trinajstić information content (AvgIpc) is 3.12. The predicted octanol–water partition coefficient (Wildman–Crippen LogP) is 3.80. The zero-order valence-corrected chi connectivity index (χ0v) is 17.6. The molecule has 0 saturated carbocycles. The summed E-state index contributed by atoms with van der Waals surface area (Å²) >= 11 is 0. The van der Waals surface area contributed by atoms with Gasteiger partial charge in [0.2, 0.25) is 5.91 Å². The number of fused-ring (bicyclic) bond motifs is 2. The van der Waals surface area contributed by atoms with Gasteiger partial charge < -0.3 is 10.2 Å². The Morgan fingerprint density at radius 2 is 2.00 bits per heavy atom. The molecule has 32 heavy (non-hydrogen) atoms. The fourth-order valence-electron chi connectivity index (χ4n) is 4.52. The number of piperidine rings is 1. The molecule has 3 heterocycles. The van der Waals surface area contributed by atoms with Gasteiger partial charge in [0.25, 0.3) is 5.91 Å². The molecule has 2 aliphatic heterocycles. The molecule has 2 aliphatic rings. The summed E-state index contributed by atoms with van der Waals surface area (Å²) in [5, 5.41) is 4.76. The zero-order chi connectivity index (χ0) is 22.2. The predicted molar refractivity (Wildman–Crippen MR) is 121 cm³/mol. The monoisotopic (exact) mass is 425 g/mol. The Hall–Kier alpha value is -3.80. The number of carbonyl (C=O) groups excluding carboxylic acids is 3. The van der Waals surface area contributed by atoms with Gasteiger partial charge >= 0.3 is 0 Å². The zero-order valence-electron chi connectivity index (χ0n) is 17.6. The second kappa shape index (κ2) is 8.04. The van der Waals surface area contributed by atoms with Gasteiger partial charge in [-0.2, -0.15) is 0 Å². The smallest absolute Gasteiger partial charge is 0.255 e. The van der Waals surface area contributed by atoms with Crippen molar-refractivity contribution < 1.29 is 14.4 Å². The van der Waals surface area contributed by atoms with Gasteiger partial charge in [-0.1, -0.05) is 30.8 Å². The summed E-state index contributed by atoms with van der Waals surface area (Å²) in [4.78, 5) is 43.7. The van der Waals surface area contributed by atoms with Crippen LogP contribution < -0.4 is 5.32 Å². The van der Waals surface area contributed by atoms with Crippen LogP contribution in [-0.2, 0) is 17.8 Å². The first kappa shape index (κ1) is 20.1. The molecular formula is C26H23N3O3. The van der Waals surface area contributed by atoms with Crippen molar-refractivity contribution in [1.82, 2.24) is 15.2 Å². The fraction of sp³-hybridized carbons (Fsp3) is 0.231. The third-order valence-corrected chi connectivity index (χ3v) is 6.30. The van der Waals surface area contributed by atoms with E-state index in [2.05, 4.69) is 16.9 Å². The molecule has 0 aliphatic carbocycles. The number of rotatable bonds is 5. The van der Waals surface area contributed by atoms with Gasteiger partial charge in [-0.05, 0) is 54.0 Å². The molecule has 1 aromatic heterocycles. The summed E-state index contributed by atoms with van der Waals surface area (Å²) < 4.78 is 0. The lowest BCUT2D eigenvalue weighted by Gasteiger charge is -2.30. The van der Waals surface area contributed by atoms with E-state index in [1.807, 2.05) is 42.5 Å². The molecule has 3 aromatic rings. The van der Waals surface area contributed by atoms with E-state index in [-0.39, 0.29) is 17.6 Å². The van der Waals surface area contributed by atoms with Gasteiger partial charge in [0.05, 0.1) is 0 Å². The van der Waals surface area contributed by atoms with E-state index in [1.54, 1.807) is 17.3 Å². The van der Waals surface area contributed by atoms with E-state index < -0.39 is 6.04 Å². The molecule has 1 saturated heterocycles. The molecule has 0 radical (unpaired) electrons. The Kier molecular flexibility index (Phi) is 5.05. The number of nitrogens with one attached hydrogen (secondary N) is 1. The molecule has 0 bridgehead atoms. The summed E-state index contributed by atoms with van der Waals surface area (Å²) in [6.07, 6.45) is 5.76. The van der Waals surface area contributed by atoms with E-state index in [0.29, 0.717) is 49.1 Å². The van der Waals surface area contributed by atoms with E-state index >= 15 is 0 Å². The standard InChI is InChI=1S/C26H23N3O3/c1-16-2-8-23(25(31)28-16)29-15-21-12-17(3-7-22(21)26(29)32)4-9-24(30)19-5-6-20-14-27-11-10-18(20)13-19/h3,5-7,10-14,23H,1-2,4,8-9,15H2,(H,28,31). The van der Waals surface area contributed by atoms with Crippen LogP contribution in [0.3, 0.4) is 0 Å². The van der Waals surface area contributed by atoms with Gasteiger partial charge in [0.1, 0.15) is 6.04 Å². The summed E-state index contributed by atoms with van der Waals surface area (Å²) in [6.45, 7) is 4.22. The molecule has 160 valence electrons. The number of aryl methyl sites for hydroxylation is 1. The lowest BCUT2D eigenvalue weighted by molar-refractivity contribution is -0.126. The van der Waals surface area contributed by atoms with E-state index in [9.17, 15) is 14.4 Å². The fourth-order valence-corrected chi connectivity index (χ4v) is 4.52. The van der Waals surface area contributed by atoms with E-state index in [4.69, 9.17) is 0 Å². The number of Topliss-reactive ketones (excluding diaryl/α,β-unsaturated/α-hetero) is 1. The number of allylic oxidation sites excluding steroid dienone is 1. The van der Waals surface area contributed by atoms with Crippen LogP contribution in [0.15, 0.2) is 67.1 Å². The Balaban J connectivity index is 1.27. The van der Waals surface area contributed by atoms with Crippen LogP contribution in [0.25, 0.3) is 10.8 Å². The third kappa shape index (κ3) is 3.68. The van der Waals surface area contributed by atoms with Crippen molar-refractivity contribution in [2.75, 3.05) is 0 Å². The minimum Gasteiger partial charge on any atom is -0.329 e. The summed E-state index contributed by atoms with van der Waals surface area (Å²) in [5.41, 5.74) is 3.95. The number of aromatic nitrogens is 1. The minimum absolute atomic E-state index is 0.0843. The number of amides is 2. The topological polar surface area (TPSA) is 79.4 Å². The Morgan fingerprint density at radius 3 is 2.84 bits per heavy atom. The second-order valence-electron chi connectivity index (χ2n) is 8.43. The molecule has 1 N–H and O–H groups in total. The molecule has 2 amide bonds. The van der Waals surface area contributed by atoms with Gasteiger partial charge in [0.15, 0.2) is 5.78 Å². The lowest BCUT2D eigenvalue weighted by atomic mass is 9.98. The number of hydrogen-bond donors (Lipinski definition) is 1. The van der Waals surface area contributed by atoms with Crippen molar-refractivity contribution in [2.24, 2.45) is 0 Å². The maximum Gasteiger partial charge on any atom is 0.255 e. The molecule has 2 aromatic carbocycles. The van der Waals surface area contributed by atoms with Gasteiger partial charge in [0, 0.05) is 47.6 Å². The van der Waals surface area contributed by atoms with Crippen LogP contribution in [0.5, 0.6) is 0 Å². The maximum absolute atomic E-state index is 12.9. The van der Waals surface area contributed by atoms with Gasteiger partial charge in [-0.3, -0.25) is 19.4 Å². The molecule has 6 heteroatoms. The highest BCUT2D eigenvalue weighted by Gasteiger charge is 2.38. The normalized spacial score (nSPS) is 18.1. The molecule has 1 fully saturated rings. The Morgan fingerprint density at radius 1 is 1.12 bits per heavy atom. The average molecular weight is 425 g/mol. The highest BCUT2D eigenvalue weighted by molar-refractivity contribution is 6.02. The third-order valence-electron chi connectivity index (χ3n) is 6.30. The number of pyridine rings is 1. The minimum atomic E-state index is -0.464. The second-order valence-corrected chi connectivity index (χ2v) is 8.43. The van der Waals surface area contributed by atoms with Crippen LogP contribution >= 0.6 is 0 Å². The summed E-state index contributed by atoms with van der Waals surface area (Å²) in [7, 11) is 0. The van der Waals surface area contributed by atoms with Crippen molar-refractivity contribution in [3.63, 3.8) is 0 Å². The SMILES string of the molecule is C=C1CCC(N2Cc3cc(CCC(=O)c4ccc5cnccc5c4)ccc3C2=O)C(=O)N1. The van der Waals surface area contributed by atoms with Crippen LogP contribution in [0, 0.1) is 0 Å². The van der Waals surface area contributed by atoms with Gasteiger partial charge in [-0.25, -0.2) is 0 Å². The van der Waals surface area contributed by atoms with Crippen molar-refractivity contribution in [2.45, 2.75) is 38.3 Å². The lowest BCUT2D eigenvalue weighted by Crippen LogP contribution is -2.49. The number of hydrogen-bond acceptors (Lipinski definition) is 4. The highest BCUT2D eigenvalue weighted by Crippen LogP contribution is 2.29. The Bertz CT molecular complexity index is 1280. The van der Waals surface area contributed by atoms with Crippen LogP contribution in [0.1, 0.15) is 51.1 Å².